The van der Waals surface area contributed by atoms with Crippen molar-refractivity contribution in [2.75, 3.05) is 12.0 Å². The van der Waals surface area contributed by atoms with E-state index in [1.54, 1.807) is 17.8 Å². The van der Waals surface area contributed by atoms with Crippen molar-refractivity contribution >= 4 is 46.1 Å². The van der Waals surface area contributed by atoms with E-state index in [0.717, 1.165) is 22.0 Å². The maximum absolute atomic E-state index is 12.8. The van der Waals surface area contributed by atoms with Crippen molar-refractivity contribution in [3.05, 3.63) is 63.1 Å². The van der Waals surface area contributed by atoms with Gasteiger partial charge in [0.25, 0.3) is 5.91 Å². The average Bonchev–Trinajstić information content (AvgIpc) is 3.37. The van der Waals surface area contributed by atoms with Gasteiger partial charge in [-0.05, 0) is 29.9 Å². The molecule has 0 spiro atoms. The van der Waals surface area contributed by atoms with Crippen LogP contribution in [0.1, 0.15) is 21.1 Å². The first kappa shape index (κ1) is 19.8. The molecule has 1 atom stereocenters. The van der Waals surface area contributed by atoms with E-state index in [1.807, 2.05) is 53.4 Å². The third kappa shape index (κ3) is 5.51. The van der Waals surface area contributed by atoms with Crippen molar-refractivity contribution < 1.29 is 9.59 Å². The normalized spacial score (nSPS) is 11.9. The number of thioether (sulfide) groups is 1. The van der Waals surface area contributed by atoms with Crippen molar-refractivity contribution in [3.8, 4) is 11.3 Å². The van der Waals surface area contributed by atoms with Crippen LogP contribution in [-0.2, 0) is 11.2 Å². The molecule has 3 aromatic rings. The predicted molar refractivity (Wildman–Crippen MR) is 115 cm³/mol. The number of amides is 1. The van der Waals surface area contributed by atoms with Crippen LogP contribution in [0, 0.1) is 0 Å². The number of hydrogen-bond donors (Lipinski definition) is 1. The molecule has 0 radical (unpaired) electrons. The van der Waals surface area contributed by atoms with Crippen LogP contribution in [0.15, 0.2) is 53.2 Å². The molecule has 3 rings (SSSR count). The number of ketones is 1. The molecule has 1 N–H and O–H groups in total. The summed E-state index contributed by atoms with van der Waals surface area (Å²) in [5, 5.41) is 7.50. The van der Waals surface area contributed by atoms with Crippen LogP contribution in [0.3, 0.4) is 0 Å². The summed E-state index contributed by atoms with van der Waals surface area (Å²) >= 11 is 4.52. The van der Waals surface area contributed by atoms with Crippen molar-refractivity contribution in [1.29, 1.82) is 0 Å². The second kappa shape index (κ2) is 9.82. The number of aromatic nitrogens is 1. The van der Waals surface area contributed by atoms with E-state index in [9.17, 15) is 9.59 Å². The van der Waals surface area contributed by atoms with Gasteiger partial charge in [-0.25, -0.2) is 4.98 Å². The van der Waals surface area contributed by atoms with Gasteiger partial charge in [0.1, 0.15) is 5.01 Å². The molecule has 0 aliphatic rings. The molecule has 140 valence electrons. The van der Waals surface area contributed by atoms with Crippen LogP contribution < -0.4 is 5.32 Å². The van der Waals surface area contributed by atoms with Crippen LogP contribution >= 0.6 is 34.4 Å². The highest BCUT2D eigenvalue weighted by Crippen LogP contribution is 2.22. The van der Waals surface area contributed by atoms with E-state index in [1.165, 1.54) is 22.7 Å². The monoisotopic (exact) mass is 416 g/mol. The second-order valence-corrected chi connectivity index (χ2v) is 8.80. The fourth-order valence-corrected chi connectivity index (χ4v) is 4.50. The minimum Gasteiger partial charge on any atom is -0.341 e. The van der Waals surface area contributed by atoms with Gasteiger partial charge in [0.2, 0.25) is 0 Å². The largest absolute Gasteiger partial charge is 0.341 e. The van der Waals surface area contributed by atoms with E-state index >= 15 is 0 Å². The summed E-state index contributed by atoms with van der Waals surface area (Å²) in [5.41, 5.74) is 1.92. The molecule has 7 heteroatoms. The van der Waals surface area contributed by atoms with Gasteiger partial charge in [-0.2, -0.15) is 11.8 Å². The second-order valence-electron chi connectivity index (χ2n) is 5.92. The summed E-state index contributed by atoms with van der Waals surface area (Å²) < 4.78 is 0. The van der Waals surface area contributed by atoms with Crippen LogP contribution in [0.2, 0.25) is 0 Å². The molecule has 0 bridgehead atoms. The van der Waals surface area contributed by atoms with Gasteiger partial charge in [0, 0.05) is 10.9 Å². The predicted octanol–water partition coefficient (Wildman–Crippen LogP) is 4.53. The number of rotatable bonds is 9. The maximum Gasteiger partial charge on any atom is 0.261 e. The number of hydrogen-bond acceptors (Lipinski definition) is 6. The maximum atomic E-state index is 12.8. The van der Waals surface area contributed by atoms with Crippen molar-refractivity contribution in [2.45, 2.75) is 18.9 Å². The smallest absolute Gasteiger partial charge is 0.261 e. The Labute approximate surface area is 171 Å². The summed E-state index contributed by atoms with van der Waals surface area (Å²) in [6.45, 7) is 0. The van der Waals surface area contributed by atoms with Gasteiger partial charge in [0.05, 0.1) is 23.0 Å². The van der Waals surface area contributed by atoms with Crippen LogP contribution in [0.25, 0.3) is 11.3 Å². The quantitative estimate of drug-likeness (QED) is 0.557. The number of Topliss-reactive ketones (excluding diaryl/α,β-unsaturated/α-hetero) is 1. The zero-order chi connectivity index (χ0) is 19.1. The van der Waals surface area contributed by atoms with Crippen molar-refractivity contribution in [3.63, 3.8) is 0 Å². The zero-order valence-corrected chi connectivity index (χ0v) is 17.3. The number of thiazole rings is 1. The Bertz CT molecular complexity index is 876. The number of carbonyl (C=O) groups is 2. The number of thiophene rings is 1. The summed E-state index contributed by atoms with van der Waals surface area (Å²) in [4.78, 5) is 30.4. The van der Waals surface area contributed by atoms with Crippen molar-refractivity contribution in [1.82, 2.24) is 10.3 Å². The fourth-order valence-electron chi connectivity index (χ4n) is 2.59. The Morgan fingerprint density at radius 1 is 1.15 bits per heavy atom. The summed E-state index contributed by atoms with van der Waals surface area (Å²) in [7, 11) is 0. The Hall–Kier alpha value is -1.96. The molecule has 0 fully saturated rings. The van der Waals surface area contributed by atoms with E-state index in [2.05, 4.69) is 10.3 Å². The lowest BCUT2D eigenvalue weighted by molar-refractivity contribution is -0.120. The molecule has 27 heavy (non-hydrogen) atoms. The molecule has 4 nitrogen and oxygen atoms in total. The van der Waals surface area contributed by atoms with Gasteiger partial charge >= 0.3 is 0 Å². The molecule has 0 saturated heterocycles. The molecular formula is C20H20N2O2S3. The molecule has 1 amide bonds. The van der Waals surface area contributed by atoms with Gasteiger partial charge < -0.3 is 5.32 Å². The van der Waals surface area contributed by atoms with Gasteiger partial charge in [-0.1, -0.05) is 36.4 Å². The Kier molecular flexibility index (Phi) is 7.20. The Balaban J connectivity index is 1.67. The summed E-state index contributed by atoms with van der Waals surface area (Å²) in [6.07, 6.45) is 2.85. The topological polar surface area (TPSA) is 59.1 Å². The molecule has 0 saturated carbocycles. The number of carbonyl (C=O) groups excluding carboxylic acids is 2. The molecule has 2 heterocycles. The highest BCUT2D eigenvalue weighted by Gasteiger charge is 2.22. The lowest BCUT2D eigenvalue weighted by Gasteiger charge is -2.16. The first-order valence-corrected chi connectivity index (χ1v) is 11.7. The third-order valence-electron chi connectivity index (χ3n) is 4.00. The molecule has 0 unspecified atom stereocenters. The van der Waals surface area contributed by atoms with E-state index in [0.29, 0.717) is 11.3 Å². The number of nitrogens with one attached hydrogen (secondary N) is 1. The molecule has 1 aromatic carbocycles. The first-order chi connectivity index (χ1) is 13.2. The number of benzene rings is 1. The van der Waals surface area contributed by atoms with Gasteiger partial charge in [-0.15, -0.1) is 22.7 Å². The van der Waals surface area contributed by atoms with Gasteiger partial charge in [-0.3, -0.25) is 9.59 Å². The zero-order valence-electron chi connectivity index (χ0n) is 14.9. The Morgan fingerprint density at radius 2 is 1.96 bits per heavy atom. The minimum atomic E-state index is -0.490. The highest BCUT2D eigenvalue weighted by molar-refractivity contribution is 7.98. The SMILES string of the molecule is CSCC[C@H](NC(=O)c1cccs1)C(=O)Cc1nc(-c2ccccc2)cs1. The lowest BCUT2D eigenvalue weighted by Crippen LogP contribution is -2.41. The van der Waals surface area contributed by atoms with Crippen LogP contribution in [-0.4, -0.2) is 34.7 Å². The fraction of sp³-hybridized carbons (Fsp3) is 0.250. The van der Waals surface area contributed by atoms with E-state index in [-0.39, 0.29) is 18.1 Å². The molecular weight excluding hydrogens is 396 g/mol. The Morgan fingerprint density at radius 3 is 2.67 bits per heavy atom. The van der Waals surface area contributed by atoms with Crippen molar-refractivity contribution in [2.24, 2.45) is 0 Å². The minimum absolute atomic E-state index is 0.00270. The van der Waals surface area contributed by atoms with Gasteiger partial charge in [0.15, 0.2) is 5.78 Å². The molecule has 0 aliphatic heterocycles. The van der Waals surface area contributed by atoms with Crippen LogP contribution in [0.5, 0.6) is 0 Å². The van der Waals surface area contributed by atoms with E-state index in [4.69, 9.17) is 0 Å². The highest BCUT2D eigenvalue weighted by atomic mass is 32.2. The van der Waals surface area contributed by atoms with E-state index < -0.39 is 6.04 Å². The molecule has 0 aliphatic carbocycles. The summed E-state index contributed by atoms with van der Waals surface area (Å²) in [6, 6.07) is 13.0. The first-order valence-electron chi connectivity index (χ1n) is 8.53. The molecule has 2 aromatic heterocycles. The number of nitrogens with zero attached hydrogens (tertiary/aromatic N) is 1. The standard InChI is InChI=1S/C20H20N2O2S3/c1-25-11-9-15(22-20(24)18-8-5-10-26-18)17(23)12-19-21-16(13-27-19)14-6-3-2-4-7-14/h2-8,10,13,15H,9,11-12H2,1H3,(H,22,24)/t15-/m0/s1. The average molecular weight is 417 g/mol. The lowest BCUT2D eigenvalue weighted by atomic mass is 10.1. The third-order valence-corrected chi connectivity index (χ3v) is 6.36. The van der Waals surface area contributed by atoms with Crippen LogP contribution in [0.4, 0.5) is 0 Å². The summed E-state index contributed by atoms with van der Waals surface area (Å²) in [5.74, 6) is 0.630.